The van der Waals surface area contributed by atoms with Gasteiger partial charge in [0.2, 0.25) is 5.91 Å². The van der Waals surface area contributed by atoms with Crippen LogP contribution in [0.4, 0.5) is 0 Å². The second kappa shape index (κ2) is 14.9. The molecule has 0 saturated carbocycles. The zero-order chi connectivity index (χ0) is 30.0. The number of aliphatic hydroxyl groups is 1. The van der Waals surface area contributed by atoms with Crippen LogP contribution in [0.2, 0.25) is 0 Å². The number of phenols is 1. The molecule has 0 spiro atoms. The fourth-order valence-corrected chi connectivity index (χ4v) is 4.86. The van der Waals surface area contributed by atoms with Gasteiger partial charge in [-0.25, -0.2) is 8.42 Å². The van der Waals surface area contributed by atoms with E-state index in [0.29, 0.717) is 24.1 Å². The third kappa shape index (κ3) is 10.0. The minimum atomic E-state index is -3.44. The maximum atomic E-state index is 13.2. The first-order valence-corrected chi connectivity index (χ1v) is 15.1. The average Bonchev–Trinajstić information content (AvgIpc) is 2.89. The number of carbonyl (C=O) groups is 3. The molecule has 2 aromatic carbocycles. The fraction of sp³-hybridized carbons (Fsp3) is 0.433. The predicted molar refractivity (Wildman–Crippen MR) is 154 cm³/mol. The maximum absolute atomic E-state index is 13.2. The van der Waals surface area contributed by atoms with Gasteiger partial charge < -0.3 is 21.3 Å². The van der Waals surface area contributed by atoms with Crippen LogP contribution in [-0.4, -0.2) is 55.0 Å². The minimum absolute atomic E-state index is 0.0165. The number of aliphatic hydroxyl groups excluding tert-OH is 1. The Morgan fingerprint density at radius 3 is 2.20 bits per heavy atom. The molecule has 2 rings (SSSR count). The van der Waals surface area contributed by atoms with E-state index >= 15 is 0 Å². The van der Waals surface area contributed by atoms with Gasteiger partial charge in [-0.15, -0.1) is 0 Å². The lowest BCUT2D eigenvalue weighted by atomic mass is 9.86. The lowest BCUT2D eigenvalue weighted by Gasteiger charge is -2.24. The fourth-order valence-electron chi connectivity index (χ4n) is 4.35. The number of sulfone groups is 1. The molecule has 0 saturated heterocycles. The van der Waals surface area contributed by atoms with Crippen molar-refractivity contribution in [2.45, 2.75) is 52.6 Å². The van der Waals surface area contributed by atoms with Gasteiger partial charge in [0.25, 0.3) is 0 Å². The number of phenolic OH excluding ortho intramolecular Hbond substituents is 1. The standard InChI is InChI=1S/C30H40N2O7S/c1-19(2)25(16-28(35)24-6-5-7-27(34)20(24)3)30(37)32-26(18-33)29(36)15-23(12-13-40(4,38)39)14-21-8-10-22(17-31)11-9-21/h5-13,19,23,25-26,33-34H,14-18,31H2,1-4H3,(H,32,37)/b13-12+/t23-,25+,26+/m1/s1. The normalized spacial score (nSPS) is 14.2. The first kappa shape index (κ1) is 32.9. The van der Waals surface area contributed by atoms with E-state index in [1.165, 1.54) is 12.1 Å². The molecule has 10 heteroatoms. The maximum Gasteiger partial charge on any atom is 0.224 e. The van der Waals surface area contributed by atoms with Crippen molar-refractivity contribution < 1.29 is 33.0 Å². The molecule has 0 aliphatic heterocycles. The smallest absolute Gasteiger partial charge is 0.224 e. The molecule has 0 radical (unpaired) electrons. The van der Waals surface area contributed by atoms with E-state index in [-0.39, 0.29) is 30.3 Å². The number of aromatic hydroxyl groups is 1. The zero-order valence-corrected chi connectivity index (χ0v) is 24.3. The van der Waals surface area contributed by atoms with Gasteiger partial charge in [-0.1, -0.05) is 56.3 Å². The largest absolute Gasteiger partial charge is 0.508 e. The van der Waals surface area contributed by atoms with Gasteiger partial charge in [0, 0.05) is 48.1 Å². The summed E-state index contributed by atoms with van der Waals surface area (Å²) >= 11 is 0. The second-order valence-electron chi connectivity index (χ2n) is 10.5. The Balaban J connectivity index is 2.17. The van der Waals surface area contributed by atoms with E-state index in [0.717, 1.165) is 22.8 Å². The van der Waals surface area contributed by atoms with E-state index in [1.807, 2.05) is 24.3 Å². The summed E-state index contributed by atoms with van der Waals surface area (Å²) in [5, 5.41) is 23.5. The number of hydrogen-bond acceptors (Lipinski definition) is 8. The summed E-state index contributed by atoms with van der Waals surface area (Å²) in [4.78, 5) is 39.3. The van der Waals surface area contributed by atoms with Crippen LogP contribution >= 0.6 is 0 Å². The number of nitrogens with one attached hydrogen (secondary N) is 1. The van der Waals surface area contributed by atoms with E-state index in [9.17, 15) is 33.0 Å². The Hall–Kier alpha value is -3.34. The third-order valence-electron chi connectivity index (χ3n) is 6.86. The monoisotopic (exact) mass is 572 g/mol. The summed E-state index contributed by atoms with van der Waals surface area (Å²) in [6, 6.07) is 10.8. The highest BCUT2D eigenvalue weighted by molar-refractivity contribution is 7.93. The number of amides is 1. The van der Waals surface area contributed by atoms with E-state index in [2.05, 4.69) is 5.32 Å². The molecule has 2 aromatic rings. The molecule has 5 N–H and O–H groups in total. The number of rotatable bonds is 15. The van der Waals surface area contributed by atoms with Crippen molar-refractivity contribution in [3.05, 3.63) is 76.2 Å². The molecule has 1 amide bonds. The van der Waals surface area contributed by atoms with Gasteiger partial charge in [-0.3, -0.25) is 14.4 Å². The summed E-state index contributed by atoms with van der Waals surface area (Å²) in [7, 11) is -3.44. The van der Waals surface area contributed by atoms with Crippen molar-refractivity contribution in [2.24, 2.45) is 23.5 Å². The lowest BCUT2D eigenvalue weighted by molar-refractivity contribution is -0.132. The highest BCUT2D eigenvalue weighted by atomic mass is 32.2. The van der Waals surface area contributed by atoms with Crippen molar-refractivity contribution in [1.82, 2.24) is 5.32 Å². The third-order valence-corrected chi connectivity index (χ3v) is 7.51. The van der Waals surface area contributed by atoms with Gasteiger partial charge >= 0.3 is 0 Å². The molecule has 0 aromatic heterocycles. The van der Waals surface area contributed by atoms with Crippen LogP contribution in [0.15, 0.2) is 53.9 Å². The molecule has 3 atom stereocenters. The van der Waals surface area contributed by atoms with Gasteiger partial charge in [0.1, 0.15) is 11.8 Å². The van der Waals surface area contributed by atoms with Crippen LogP contribution < -0.4 is 11.1 Å². The Morgan fingerprint density at radius 1 is 1.02 bits per heavy atom. The van der Waals surface area contributed by atoms with Crippen molar-refractivity contribution >= 4 is 27.3 Å². The molecular weight excluding hydrogens is 532 g/mol. The Kier molecular flexibility index (Phi) is 12.2. The molecule has 0 unspecified atom stereocenters. The number of nitrogens with two attached hydrogens (primary N) is 1. The van der Waals surface area contributed by atoms with Crippen molar-refractivity contribution in [3.8, 4) is 5.75 Å². The van der Waals surface area contributed by atoms with E-state index in [1.54, 1.807) is 32.9 Å². The van der Waals surface area contributed by atoms with Crippen LogP contribution in [0, 0.1) is 24.7 Å². The summed E-state index contributed by atoms with van der Waals surface area (Å²) in [6.45, 7) is 4.91. The predicted octanol–water partition coefficient (Wildman–Crippen LogP) is 2.86. The summed E-state index contributed by atoms with van der Waals surface area (Å²) in [6.07, 6.45) is 2.61. The number of Topliss-reactive ketones (excluding diaryl/α,β-unsaturated/α-hetero) is 2. The molecule has 0 heterocycles. The Morgan fingerprint density at radius 2 is 1.65 bits per heavy atom. The first-order chi connectivity index (χ1) is 18.7. The Labute approximate surface area is 236 Å². The molecule has 0 aliphatic rings. The van der Waals surface area contributed by atoms with Crippen molar-refractivity contribution in [3.63, 3.8) is 0 Å². The van der Waals surface area contributed by atoms with Gasteiger partial charge in [-0.2, -0.15) is 0 Å². The molecule has 9 nitrogen and oxygen atoms in total. The molecule has 0 aliphatic carbocycles. The van der Waals surface area contributed by atoms with Gasteiger partial charge in [-0.05, 0) is 42.4 Å². The number of ketones is 2. The number of allylic oxidation sites excluding steroid dienone is 1. The van der Waals surface area contributed by atoms with Gasteiger partial charge in [0.15, 0.2) is 21.4 Å². The molecule has 0 bridgehead atoms. The summed E-state index contributed by atoms with van der Waals surface area (Å²) < 4.78 is 23.5. The SMILES string of the molecule is Cc1c(O)cccc1C(=O)C[C@H](C(=O)N[C@@H](CO)C(=O)C[C@H](/C=C/S(C)(=O)=O)Cc1ccc(CN)cc1)C(C)C. The summed E-state index contributed by atoms with van der Waals surface area (Å²) in [5.41, 5.74) is 8.19. The van der Waals surface area contributed by atoms with Crippen molar-refractivity contribution in [2.75, 3.05) is 12.9 Å². The van der Waals surface area contributed by atoms with Crippen LogP contribution in [-0.2, 0) is 32.4 Å². The van der Waals surface area contributed by atoms with Crippen LogP contribution in [0.5, 0.6) is 5.75 Å². The zero-order valence-electron chi connectivity index (χ0n) is 23.5. The van der Waals surface area contributed by atoms with Crippen LogP contribution in [0.3, 0.4) is 0 Å². The lowest BCUT2D eigenvalue weighted by Crippen LogP contribution is -2.47. The highest BCUT2D eigenvalue weighted by Gasteiger charge is 2.30. The Bertz CT molecular complexity index is 1320. The topological polar surface area (TPSA) is 164 Å². The number of carbonyl (C=O) groups excluding carboxylic acids is 3. The number of benzene rings is 2. The first-order valence-electron chi connectivity index (χ1n) is 13.2. The molecular formula is C30H40N2O7S. The molecule has 0 fully saturated rings. The second-order valence-corrected chi connectivity index (χ2v) is 12.4. The quantitative estimate of drug-likeness (QED) is 0.237. The van der Waals surface area contributed by atoms with E-state index < -0.39 is 46.0 Å². The highest BCUT2D eigenvalue weighted by Crippen LogP contribution is 2.25. The number of hydrogen-bond donors (Lipinski definition) is 4. The van der Waals surface area contributed by atoms with Gasteiger partial charge in [0.05, 0.1) is 6.61 Å². The van der Waals surface area contributed by atoms with Crippen LogP contribution in [0.25, 0.3) is 0 Å². The molecule has 218 valence electrons. The van der Waals surface area contributed by atoms with Crippen LogP contribution in [0.1, 0.15) is 53.7 Å². The minimum Gasteiger partial charge on any atom is -0.508 e. The average molecular weight is 573 g/mol. The molecule has 40 heavy (non-hydrogen) atoms. The van der Waals surface area contributed by atoms with E-state index in [4.69, 9.17) is 5.73 Å². The van der Waals surface area contributed by atoms with Crippen molar-refractivity contribution in [1.29, 1.82) is 0 Å². The summed E-state index contributed by atoms with van der Waals surface area (Å²) in [5.74, 6) is -2.88.